The number of hydrazone groups is 1. The molecule has 0 N–H and O–H groups in total. The van der Waals surface area contributed by atoms with Crippen molar-refractivity contribution in [1.82, 2.24) is 9.91 Å². The van der Waals surface area contributed by atoms with Gasteiger partial charge in [0.05, 0.1) is 12.2 Å². The predicted molar refractivity (Wildman–Crippen MR) is 124 cm³/mol. The molecule has 1 atom stereocenters. The van der Waals surface area contributed by atoms with Crippen LogP contribution in [0.2, 0.25) is 0 Å². The molecule has 3 nitrogen and oxygen atoms in total. The van der Waals surface area contributed by atoms with E-state index in [-0.39, 0.29) is 5.41 Å². The van der Waals surface area contributed by atoms with Crippen LogP contribution in [0.15, 0.2) is 79.2 Å². The van der Waals surface area contributed by atoms with Crippen LogP contribution in [-0.4, -0.2) is 29.3 Å². The van der Waals surface area contributed by atoms with Gasteiger partial charge in [0.1, 0.15) is 5.84 Å². The monoisotopic (exact) mass is 379 g/mol. The summed E-state index contributed by atoms with van der Waals surface area (Å²) in [4.78, 5) is 2.13. The van der Waals surface area contributed by atoms with Crippen molar-refractivity contribution in [2.24, 2.45) is 10.5 Å². The minimum Gasteiger partial charge on any atom is -0.352 e. The fraction of sp³-hybridized carbons (Fsp3) is 0.400. The molecule has 0 bridgehead atoms. The lowest BCUT2D eigenvalue weighted by molar-refractivity contribution is 0.308. The summed E-state index contributed by atoms with van der Waals surface area (Å²) >= 11 is 0. The van der Waals surface area contributed by atoms with Crippen LogP contribution >= 0.6 is 0 Å². The van der Waals surface area contributed by atoms with Crippen LogP contribution in [0.3, 0.4) is 0 Å². The van der Waals surface area contributed by atoms with Crippen LogP contribution in [0.25, 0.3) is 0 Å². The Morgan fingerprint density at radius 1 is 1.21 bits per heavy atom. The highest BCUT2D eigenvalue weighted by Crippen LogP contribution is 2.29. The first-order chi connectivity index (χ1) is 13.1. The molecule has 1 aromatic carbocycles. The Morgan fingerprint density at radius 2 is 1.79 bits per heavy atom. The molecule has 1 aliphatic rings. The predicted octanol–water partition coefficient (Wildman–Crippen LogP) is 6.48. The third kappa shape index (κ3) is 6.88. The SMILES string of the molecule is C=C.C=C1CN(C)C(/C=C\C(C)c2ccc(C)cc2)=NN1C(=C)CC(C)(C)C. The fourth-order valence-corrected chi connectivity index (χ4v) is 3.02. The largest absolute Gasteiger partial charge is 0.352 e. The van der Waals surface area contributed by atoms with E-state index in [2.05, 4.69) is 109 Å². The minimum absolute atomic E-state index is 0.173. The molecule has 0 spiro atoms. The van der Waals surface area contributed by atoms with Gasteiger partial charge in [-0.15, -0.1) is 13.2 Å². The Labute approximate surface area is 172 Å². The number of aryl methyl sites for hydroxylation is 1. The topological polar surface area (TPSA) is 18.8 Å². The highest BCUT2D eigenvalue weighted by atomic mass is 15.5. The zero-order chi connectivity index (χ0) is 21.5. The minimum atomic E-state index is 0.173. The standard InChI is InChI=1S/C23H33N3.C2H4/c1-17-9-12-21(13-10-17)18(2)11-14-22-24-26(20(4)16-25(22)8)19(3)15-23(5,6)7;1-2/h9-14,18H,3-4,15-16H2,1-2,5-8H3;1-2H2/b14-11-;. The maximum Gasteiger partial charge on any atom is 0.149 e. The molecule has 152 valence electrons. The first-order valence-electron chi connectivity index (χ1n) is 9.77. The molecule has 1 aromatic rings. The van der Waals surface area contributed by atoms with Gasteiger partial charge in [-0.1, -0.05) is 76.8 Å². The first-order valence-corrected chi connectivity index (χ1v) is 9.77. The Kier molecular flexibility index (Phi) is 8.49. The van der Waals surface area contributed by atoms with Gasteiger partial charge in [0, 0.05) is 12.7 Å². The van der Waals surface area contributed by atoms with E-state index in [0.29, 0.717) is 5.92 Å². The highest BCUT2D eigenvalue weighted by Gasteiger charge is 2.23. The number of hydrogen-bond donors (Lipinski definition) is 0. The second kappa shape index (κ2) is 10.1. The smallest absolute Gasteiger partial charge is 0.149 e. The average molecular weight is 380 g/mol. The number of allylic oxidation sites excluding steroid dienone is 2. The number of likely N-dealkylation sites (N-methyl/N-ethyl adjacent to an activating group) is 1. The lowest BCUT2D eigenvalue weighted by atomic mass is 9.90. The number of amidine groups is 1. The lowest BCUT2D eigenvalue weighted by Gasteiger charge is -2.35. The second-order valence-corrected chi connectivity index (χ2v) is 8.55. The Balaban J connectivity index is 0.00000190. The maximum atomic E-state index is 4.80. The normalized spacial score (nSPS) is 15.8. The van der Waals surface area contributed by atoms with Crippen LogP contribution in [0, 0.1) is 12.3 Å². The van der Waals surface area contributed by atoms with E-state index in [1.807, 2.05) is 5.01 Å². The fourth-order valence-electron chi connectivity index (χ4n) is 3.02. The Morgan fingerprint density at radius 3 is 2.32 bits per heavy atom. The van der Waals surface area contributed by atoms with Gasteiger partial charge in [-0.3, -0.25) is 0 Å². The maximum absolute atomic E-state index is 4.80. The van der Waals surface area contributed by atoms with Gasteiger partial charge in [-0.2, -0.15) is 5.10 Å². The van der Waals surface area contributed by atoms with Gasteiger partial charge in [-0.05, 0) is 36.3 Å². The van der Waals surface area contributed by atoms with E-state index in [0.717, 1.165) is 30.2 Å². The quantitative estimate of drug-likeness (QED) is 0.545. The third-order valence-corrected chi connectivity index (χ3v) is 4.48. The van der Waals surface area contributed by atoms with Gasteiger partial charge in [0.15, 0.2) is 0 Å². The Bertz CT molecular complexity index is 732. The van der Waals surface area contributed by atoms with Crippen molar-refractivity contribution in [1.29, 1.82) is 0 Å². The number of benzene rings is 1. The molecule has 0 amide bonds. The molecule has 0 fully saturated rings. The van der Waals surface area contributed by atoms with Crippen molar-refractivity contribution in [3.05, 3.63) is 85.3 Å². The molecular weight excluding hydrogens is 342 g/mol. The zero-order valence-corrected chi connectivity index (χ0v) is 18.6. The van der Waals surface area contributed by atoms with E-state index in [1.54, 1.807) is 0 Å². The molecular formula is C25H37N3. The van der Waals surface area contributed by atoms with Crippen molar-refractivity contribution in [3.8, 4) is 0 Å². The third-order valence-electron chi connectivity index (χ3n) is 4.48. The summed E-state index contributed by atoms with van der Waals surface area (Å²) in [6.07, 6.45) is 5.20. The van der Waals surface area contributed by atoms with Crippen molar-refractivity contribution >= 4 is 5.84 Å². The highest BCUT2D eigenvalue weighted by molar-refractivity contribution is 5.93. The van der Waals surface area contributed by atoms with E-state index < -0.39 is 0 Å². The van der Waals surface area contributed by atoms with Crippen molar-refractivity contribution in [2.45, 2.75) is 47.0 Å². The molecule has 3 heteroatoms. The van der Waals surface area contributed by atoms with Crippen molar-refractivity contribution in [3.63, 3.8) is 0 Å². The summed E-state index contributed by atoms with van der Waals surface area (Å²) in [5.41, 5.74) is 4.72. The van der Waals surface area contributed by atoms with Crippen LogP contribution in [0.1, 0.15) is 51.2 Å². The molecule has 0 aromatic heterocycles. The van der Waals surface area contributed by atoms with E-state index in [4.69, 9.17) is 5.10 Å². The van der Waals surface area contributed by atoms with Crippen LogP contribution < -0.4 is 0 Å². The number of nitrogens with zero attached hydrogens (tertiary/aromatic N) is 3. The lowest BCUT2D eigenvalue weighted by Crippen LogP contribution is -2.38. The molecule has 28 heavy (non-hydrogen) atoms. The van der Waals surface area contributed by atoms with Crippen molar-refractivity contribution < 1.29 is 0 Å². The summed E-state index contributed by atoms with van der Waals surface area (Å²) in [5, 5.41) is 6.72. The van der Waals surface area contributed by atoms with Gasteiger partial charge in [-0.25, -0.2) is 5.01 Å². The van der Waals surface area contributed by atoms with Gasteiger partial charge in [0.25, 0.3) is 0 Å². The molecule has 1 unspecified atom stereocenters. The number of hydrogen-bond acceptors (Lipinski definition) is 3. The molecule has 0 saturated carbocycles. The first kappa shape index (κ1) is 23.5. The van der Waals surface area contributed by atoms with Crippen LogP contribution in [-0.2, 0) is 0 Å². The second-order valence-electron chi connectivity index (χ2n) is 8.55. The van der Waals surface area contributed by atoms with Crippen LogP contribution in [0.4, 0.5) is 0 Å². The molecule has 1 aliphatic heterocycles. The van der Waals surface area contributed by atoms with Gasteiger partial charge in [0.2, 0.25) is 0 Å². The average Bonchev–Trinajstić information content (AvgIpc) is 2.61. The van der Waals surface area contributed by atoms with E-state index in [9.17, 15) is 0 Å². The van der Waals surface area contributed by atoms with E-state index in [1.165, 1.54) is 11.1 Å². The Hall–Kier alpha value is -2.55. The summed E-state index contributed by atoms with van der Waals surface area (Å²) in [5.74, 6) is 1.27. The van der Waals surface area contributed by atoms with Gasteiger partial charge < -0.3 is 4.90 Å². The summed E-state index contributed by atoms with van der Waals surface area (Å²) in [7, 11) is 2.05. The zero-order valence-electron chi connectivity index (χ0n) is 18.6. The molecule has 2 rings (SSSR count). The van der Waals surface area contributed by atoms with E-state index >= 15 is 0 Å². The van der Waals surface area contributed by atoms with Crippen LogP contribution in [0.5, 0.6) is 0 Å². The summed E-state index contributed by atoms with van der Waals surface area (Å²) in [6, 6.07) is 8.70. The molecule has 0 radical (unpaired) electrons. The number of rotatable bonds is 5. The van der Waals surface area contributed by atoms with Crippen molar-refractivity contribution in [2.75, 3.05) is 13.6 Å². The van der Waals surface area contributed by atoms with Gasteiger partial charge >= 0.3 is 0 Å². The molecule has 1 heterocycles. The summed E-state index contributed by atoms with van der Waals surface area (Å²) in [6.45, 7) is 26.1. The molecule has 0 saturated heterocycles. The molecule has 0 aliphatic carbocycles. The summed E-state index contributed by atoms with van der Waals surface area (Å²) < 4.78 is 0.